The van der Waals surface area contributed by atoms with Crippen LogP contribution >= 0.6 is 12.2 Å². The number of nitrogens with one attached hydrogen (secondary N) is 1. The van der Waals surface area contributed by atoms with Crippen LogP contribution in [0, 0.1) is 0 Å². The Labute approximate surface area is 210 Å². The van der Waals surface area contributed by atoms with E-state index in [1.807, 2.05) is 42.5 Å². The number of nitrogens with zero attached hydrogens (tertiary/aromatic N) is 3. The molecule has 0 radical (unpaired) electrons. The fourth-order valence-electron chi connectivity index (χ4n) is 5.03. The lowest BCUT2D eigenvalue weighted by molar-refractivity contribution is 0.415. The number of methoxy groups -OCH3 is 1. The first-order chi connectivity index (χ1) is 17.2. The summed E-state index contributed by atoms with van der Waals surface area (Å²) < 4.78 is 9.81. The average molecular weight is 479 g/mol. The fourth-order valence-corrected chi connectivity index (χ4v) is 5.34. The molecule has 6 rings (SSSR count). The van der Waals surface area contributed by atoms with Gasteiger partial charge in [-0.05, 0) is 61.2 Å². The van der Waals surface area contributed by atoms with Crippen LogP contribution in [-0.4, -0.2) is 26.3 Å². The Hall–Kier alpha value is -3.90. The summed E-state index contributed by atoms with van der Waals surface area (Å²) in [7, 11) is 1.69. The van der Waals surface area contributed by atoms with Crippen LogP contribution < -0.4 is 10.1 Å². The highest BCUT2D eigenvalue weighted by atomic mass is 32.1. The number of hydrogen-bond acceptors (Lipinski definition) is 3. The number of aryl methyl sites for hydroxylation is 2. The topological polar surface area (TPSA) is 43.5 Å². The van der Waals surface area contributed by atoms with Crippen LogP contribution in [0.1, 0.15) is 24.1 Å². The number of benzene rings is 3. The predicted molar refractivity (Wildman–Crippen MR) is 145 cm³/mol. The third-order valence-corrected chi connectivity index (χ3v) is 6.94. The van der Waals surface area contributed by atoms with Crippen LogP contribution in [-0.2, 0) is 13.0 Å². The molecule has 5 nitrogen and oxygen atoms in total. The molecule has 1 N–H and O–H groups in total. The van der Waals surface area contributed by atoms with E-state index in [1.165, 1.54) is 16.7 Å². The molecule has 3 heterocycles. The maximum atomic E-state index is 6.04. The largest absolute Gasteiger partial charge is 0.497 e. The van der Waals surface area contributed by atoms with Gasteiger partial charge in [-0.1, -0.05) is 60.7 Å². The minimum Gasteiger partial charge on any atom is -0.497 e. The van der Waals surface area contributed by atoms with E-state index in [1.54, 1.807) is 7.11 Å². The summed E-state index contributed by atoms with van der Waals surface area (Å²) in [6, 6.07) is 28.8. The van der Waals surface area contributed by atoms with Crippen molar-refractivity contribution >= 4 is 28.5 Å². The minimum atomic E-state index is 0.669. The van der Waals surface area contributed by atoms with Crippen LogP contribution in [0.2, 0.25) is 0 Å². The van der Waals surface area contributed by atoms with Gasteiger partial charge in [0.1, 0.15) is 22.1 Å². The van der Waals surface area contributed by atoms with Gasteiger partial charge in [-0.3, -0.25) is 0 Å². The van der Waals surface area contributed by atoms with Gasteiger partial charge < -0.3 is 14.6 Å². The summed E-state index contributed by atoms with van der Waals surface area (Å²) in [6.07, 6.45) is 3.23. The summed E-state index contributed by atoms with van der Waals surface area (Å²) >= 11 is 6.04. The third-order valence-electron chi connectivity index (χ3n) is 6.64. The van der Waals surface area contributed by atoms with E-state index in [-0.39, 0.29) is 0 Å². The SMILES string of the molecule is COc1ccc(-c2nn3c(C(=S)Nc4ccccc4)c(-c4ccccc4)c4c3n2CCCC4)cc1. The van der Waals surface area contributed by atoms with Crippen LogP contribution in [0.3, 0.4) is 0 Å². The van der Waals surface area contributed by atoms with Crippen molar-refractivity contribution in [3.05, 3.63) is 96.2 Å². The van der Waals surface area contributed by atoms with Crippen molar-refractivity contribution < 1.29 is 4.74 Å². The third kappa shape index (κ3) is 3.80. The summed E-state index contributed by atoms with van der Waals surface area (Å²) in [5.74, 6) is 1.79. The first kappa shape index (κ1) is 21.6. The monoisotopic (exact) mass is 478 g/mol. The first-order valence-corrected chi connectivity index (χ1v) is 12.4. The highest BCUT2D eigenvalue weighted by Crippen LogP contribution is 2.38. The smallest absolute Gasteiger partial charge is 0.162 e. The molecular formula is C29H26N4OS. The number of rotatable bonds is 5. The van der Waals surface area contributed by atoms with Crippen molar-refractivity contribution in [1.29, 1.82) is 0 Å². The molecule has 35 heavy (non-hydrogen) atoms. The van der Waals surface area contributed by atoms with E-state index in [0.29, 0.717) is 4.99 Å². The maximum Gasteiger partial charge on any atom is 0.162 e. The molecule has 1 aliphatic heterocycles. The Morgan fingerprint density at radius 2 is 1.60 bits per heavy atom. The number of aromatic nitrogens is 3. The highest BCUT2D eigenvalue weighted by molar-refractivity contribution is 7.81. The summed E-state index contributed by atoms with van der Waals surface area (Å²) in [5, 5.41) is 8.63. The second-order valence-electron chi connectivity index (χ2n) is 8.78. The molecule has 0 bridgehead atoms. The number of anilines is 1. The van der Waals surface area contributed by atoms with E-state index < -0.39 is 0 Å². The van der Waals surface area contributed by atoms with E-state index in [0.717, 1.165) is 60.0 Å². The average Bonchev–Trinajstić information content (AvgIpc) is 3.33. The number of para-hydroxylation sites is 1. The Bertz CT molecular complexity index is 1500. The van der Waals surface area contributed by atoms with Crippen LogP contribution in [0.15, 0.2) is 84.9 Å². The normalized spacial score (nSPS) is 12.9. The van der Waals surface area contributed by atoms with Gasteiger partial charge in [-0.2, -0.15) is 0 Å². The second-order valence-corrected chi connectivity index (χ2v) is 9.19. The van der Waals surface area contributed by atoms with Gasteiger partial charge in [-0.25, -0.2) is 4.52 Å². The molecular weight excluding hydrogens is 452 g/mol. The van der Waals surface area contributed by atoms with E-state index in [2.05, 4.69) is 56.9 Å². The molecule has 2 aromatic heterocycles. The maximum absolute atomic E-state index is 6.04. The van der Waals surface area contributed by atoms with Crippen molar-refractivity contribution in [2.24, 2.45) is 0 Å². The van der Waals surface area contributed by atoms with Crippen LogP contribution in [0.25, 0.3) is 28.2 Å². The van der Waals surface area contributed by atoms with Gasteiger partial charge in [0.15, 0.2) is 5.82 Å². The molecule has 0 saturated carbocycles. The van der Waals surface area contributed by atoms with Gasteiger partial charge in [0.2, 0.25) is 0 Å². The quantitative estimate of drug-likeness (QED) is 0.289. The molecule has 3 aromatic carbocycles. The molecule has 0 fully saturated rings. The molecule has 6 heteroatoms. The van der Waals surface area contributed by atoms with Crippen molar-refractivity contribution in [3.63, 3.8) is 0 Å². The summed E-state index contributed by atoms with van der Waals surface area (Å²) in [4.78, 5) is 0.669. The van der Waals surface area contributed by atoms with Crippen molar-refractivity contribution in [1.82, 2.24) is 14.2 Å². The second kappa shape index (κ2) is 9.04. The predicted octanol–water partition coefficient (Wildman–Crippen LogP) is 6.60. The first-order valence-electron chi connectivity index (χ1n) is 11.9. The number of thiocarbonyl (C=S) groups is 1. The van der Waals surface area contributed by atoms with Crippen molar-refractivity contribution in [2.75, 3.05) is 12.4 Å². The fraction of sp³-hybridized carbons (Fsp3) is 0.172. The Balaban J connectivity index is 1.60. The number of ether oxygens (including phenoxy) is 1. The molecule has 0 aliphatic carbocycles. The summed E-state index contributed by atoms with van der Waals surface area (Å²) in [5.41, 5.74) is 7.77. The van der Waals surface area contributed by atoms with E-state index in [9.17, 15) is 0 Å². The standard InChI is InChI=1S/C29H26N4OS/c1-34-23-17-15-21(16-18-23)27-31-33-26(28(35)30-22-12-6-3-7-13-22)25(20-10-4-2-5-11-20)24-14-8-9-19-32(27)29(24)33/h2-7,10-13,15-18H,8-9,14,19H2,1H3,(H,30,35). The lowest BCUT2D eigenvalue weighted by Crippen LogP contribution is -2.14. The molecule has 0 saturated heterocycles. The molecule has 0 atom stereocenters. The van der Waals surface area contributed by atoms with Gasteiger partial charge in [0, 0.05) is 28.9 Å². The van der Waals surface area contributed by atoms with Crippen molar-refractivity contribution in [3.8, 4) is 28.3 Å². The van der Waals surface area contributed by atoms with E-state index >= 15 is 0 Å². The van der Waals surface area contributed by atoms with Crippen molar-refractivity contribution in [2.45, 2.75) is 25.8 Å². The highest BCUT2D eigenvalue weighted by Gasteiger charge is 2.29. The van der Waals surface area contributed by atoms with Gasteiger partial charge in [0.25, 0.3) is 0 Å². The molecule has 174 valence electrons. The lowest BCUT2D eigenvalue weighted by Gasteiger charge is -2.11. The van der Waals surface area contributed by atoms with Gasteiger partial charge >= 0.3 is 0 Å². The molecule has 0 unspecified atom stereocenters. The Kier molecular flexibility index (Phi) is 5.58. The minimum absolute atomic E-state index is 0.669. The van der Waals surface area contributed by atoms with Gasteiger partial charge in [-0.15, -0.1) is 5.10 Å². The zero-order chi connectivity index (χ0) is 23.8. The molecule has 1 aliphatic rings. The number of hydrogen-bond donors (Lipinski definition) is 1. The Morgan fingerprint density at radius 3 is 2.31 bits per heavy atom. The zero-order valence-corrected chi connectivity index (χ0v) is 20.4. The molecule has 5 aromatic rings. The van der Waals surface area contributed by atoms with Gasteiger partial charge in [0.05, 0.1) is 7.11 Å². The summed E-state index contributed by atoms with van der Waals surface area (Å²) in [6.45, 7) is 0.925. The Morgan fingerprint density at radius 1 is 0.886 bits per heavy atom. The molecule has 0 amide bonds. The zero-order valence-electron chi connectivity index (χ0n) is 19.6. The molecule has 0 spiro atoms. The van der Waals surface area contributed by atoms with Crippen LogP contribution in [0.4, 0.5) is 5.69 Å². The lowest BCUT2D eigenvalue weighted by atomic mass is 9.98. The van der Waals surface area contributed by atoms with Crippen LogP contribution in [0.5, 0.6) is 5.75 Å². The van der Waals surface area contributed by atoms with E-state index in [4.69, 9.17) is 22.1 Å².